The van der Waals surface area contributed by atoms with Gasteiger partial charge < -0.3 is 0 Å². The molecule has 0 bridgehead atoms. The van der Waals surface area contributed by atoms with Crippen molar-refractivity contribution in [1.82, 2.24) is 0 Å². The monoisotopic (exact) mass is 188 g/mol. The number of anilines is 1. The van der Waals surface area contributed by atoms with Crippen molar-refractivity contribution in [1.29, 1.82) is 0 Å². The molecule has 2 heteroatoms. The molecule has 0 aliphatic carbocycles. The highest BCUT2D eigenvalue weighted by molar-refractivity contribution is 5.85. The molecule has 1 heterocycles. The SMILES string of the molecule is CCc1ccc(N2CCC(C)=N2)cc1. The lowest BCUT2D eigenvalue weighted by Crippen LogP contribution is -2.11. The van der Waals surface area contributed by atoms with Crippen molar-refractivity contribution in [2.75, 3.05) is 11.6 Å². The van der Waals surface area contributed by atoms with Gasteiger partial charge in [0, 0.05) is 18.7 Å². The van der Waals surface area contributed by atoms with Gasteiger partial charge in [0.1, 0.15) is 0 Å². The van der Waals surface area contributed by atoms with Gasteiger partial charge in [-0.05, 0) is 31.0 Å². The summed E-state index contributed by atoms with van der Waals surface area (Å²) in [6.45, 7) is 5.28. The molecule has 0 atom stereocenters. The zero-order chi connectivity index (χ0) is 9.97. The predicted octanol–water partition coefficient (Wildman–Crippen LogP) is 2.84. The fourth-order valence-electron chi connectivity index (χ4n) is 1.66. The summed E-state index contributed by atoms with van der Waals surface area (Å²) in [4.78, 5) is 0. The number of benzene rings is 1. The number of aryl methyl sites for hydroxylation is 1. The minimum absolute atomic E-state index is 1.03. The van der Waals surface area contributed by atoms with Crippen LogP contribution in [0.5, 0.6) is 0 Å². The highest BCUT2D eigenvalue weighted by atomic mass is 15.5. The summed E-state index contributed by atoms with van der Waals surface area (Å²) in [5.74, 6) is 0. The molecule has 0 unspecified atom stereocenters. The first-order valence-electron chi connectivity index (χ1n) is 5.20. The molecule has 0 saturated heterocycles. The predicted molar refractivity (Wildman–Crippen MR) is 60.9 cm³/mol. The highest BCUT2D eigenvalue weighted by Crippen LogP contribution is 2.19. The fraction of sp³-hybridized carbons (Fsp3) is 0.417. The Morgan fingerprint density at radius 1 is 1.29 bits per heavy atom. The van der Waals surface area contributed by atoms with E-state index in [9.17, 15) is 0 Å². The van der Waals surface area contributed by atoms with Crippen LogP contribution < -0.4 is 5.01 Å². The Balaban J connectivity index is 2.17. The van der Waals surface area contributed by atoms with Gasteiger partial charge in [0.2, 0.25) is 0 Å². The van der Waals surface area contributed by atoms with E-state index < -0.39 is 0 Å². The van der Waals surface area contributed by atoms with Crippen LogP contribution in [-0.2, 0) is 6.42 Å². The molecule has 74 valence electrons. The van der Waals surface area contributed by atoms with Crippen LogP contribution in [0.2, 0.25) is 0 Å². The van der Waals surface area contributed by atoms with E-state index in [1.807, 2.05) is 0 Å². The second-order valence-electron chi connectivity index (χ2n) is 3.73. The van der Waals surface area contributed by atoms with Crippen molar-refractivity contribution in [2.24, 2.45) is 5.10 Å². The summed E-state index contributed by atoms with van der Waals surface area (Å²) in [6.07, 6.45) is 2.19. The van der Waals surface area contributed by atoms with Crippen LogP contribution in [0.25, 0.3) is 0 Å². The largest absolute Gasteiger partial charge is 0.265 e. The third-order valence-corrected chi connectivity index (χ3v) is 2.62. The third-order valence-electron chi connectivity index (χ3n) is 2.62. The molecule has 0 saturated carbocycles. The first-order chi connectivity index (χ1) is 6.79. The van der Waals surface area contributed by atoms with Crippen LogP contribution in [0.1, 0.15) is 25.8 Å². The van der Waals surface area contributed by atoms with Crippen LogP contribution in [-0.4, -0.2) is 12.3 Å². The van der Waals surface area contributed by atoms with E-state index in [2.05, 4.69) is 48.2 Å². The van der Waals surface area contributed by atoms with Gasteiger partial charge in [-0.3, -0.25) is 5.01 Å². The average molecular weight is 188 g/mol. The van der Waals surface area contributed by atoms with E-state index in [1.54, 1.807) is 0 Å². The zero-order valence-corrected chi connectivity index (χ0v) is 8.83. The zero-order valence-electron chi connectivity index (χ0n) is 8.83. The molecule has 2 rings (SSSR count). The summed E-state index contributed by atoms with van der Waals surface area (Å²) in [7, 11) is 0. The van der Waals surface area contributed by atoms with Crippen molar-refractivity contribution in [2.45, 2.75) is 26.7 Å². The van der Waals surface area contributed by atoms with Gasteiger partial charge in [-0.1, -0.05) is 19.1 Å². The number of hydrogen-bond donors (Lipinski definition) is 0. The molecular weight excluding hydrogens is 172 g/mol. The van der Waals surface area contributed by atoms with Crippen LogP contribution in [0, 0.1) is 0 Å². The number of hydrazone groups is 1. The molecule has 1 aromatic carbocycles. The Bertz CT molecular complexity index is 338. The smallest absolute Gasteiger partial charge is 0.0594 e. The van der Waals surface area contributed by atoms with E-state index in [4.69, 9.17) is 0 Å². The van der Waals surface area contributed by atoms with Crippen molar-refractivity contribution in [3.05, 3.63) is 29.8 Å². The van der Waals surface area contributed by atoms with Crippen LogP contribution >= 0.6 is 0 Å². The summed E-state index contributed by atoms with van der Waals surface area (Å²) in [5, 5.41) is 6.54. The number of nitrogens with zero attached hydrogens (tertiary/aromatic N) is 2. The molecule has 1 aromatic rings. The standard InChI is InChI=1S/C12H16N2/c1-3-11-4-6-12(7-5-11)14-9-8-10(2)13-14/h4-7H,3,8-9H2,1-2H3. The molecule has 0 radical (unpaired) electrons. The maximum atomic E-state index is 4.46. The van der Waals surface area contributed by atoms with Crippen molar-refractivity contribution >= 4 is 11.4 Å². The normalized spacial score (nSPS) is 15.9. The van der Waals surface area contributed by atoms with Crippen molar-refractivity contribution in [3.8, 4) is 0 Å². The minimum atomic E-state index is 1.03. The molecule has 0 N–H and O–H groups in total. The van der Waals surface area contributed by atoms with Gasteiger partial charge >= 0.3 is 0 Å². The first kappa shape index (κ1) is 9.25. The Labute approximate surface area is 85.2 Å². The highest BCUT2D eigenvalue weighted by Gasteiger charge is 2.11. The quantitative estimate of drug-likeness (QED) is 0.696. The molecule has 1 aliphatic heterocycles. The fourth-order valence-corrected chi connectivity index (χ4v) is 1.66. The Hall–Kier alpha value is -1.31. The van der Waals surface area contributed by atoms with Gasteiger partial charge in [0.15, 0.2) is 0 Å². The lowest BCUT2D eigenvalue weighted by atomic mass is 10.1. The number of rotatable bonds is 2. The van der Waals surface area contributed by atoms with Gasteiger partial charge in [-0.2, -0.15) is 5.10 Å². The molecule has 0 spiro atoms. The summed E-state index contributed by atoms with van der Waals surface area (Å²) in [6, 6.07) is 8.67. The van der Waals surface area contributed by atoms with E-state index in [-0.39, 0.29) is 0 Å². The average Bonchev–Trinajstić information content (AvgIpc) is 2.65. The lowest BCUT2D eigenvalue weighted by Gasteiger charge is -2.13. The van der Waals surface area contributed by atoms with Crippen molar-refractivity contribution < 1.29 is 0 Å². The molecule has 1 aliphatic rings. The maximum Gasteiger partial charge on any atom is 0.0594 e. The lowest BCUT2D eigenvalue weighted by molar-refractivity contribution is 0.920. The number of hydrogen-bond acceptors (Lipinski definition) is 2. The second-order valence-corrected chi connectivity index (χ2v) is 3.73. The topological polar surface area (TPSA) is 15.6 Å². The Kier molecular flexibility index (Phi) is 2.53. The summed E-state index contributed by atoms with van der Waals surface area (Å²) < 4.78 is 0. The summed E-state index contributed by atoms with van der Waals surface area (Å²) >= 11 is 0. The van der Waals surface area contributed by atoms with Gasteiger partial charge in [0.05, 0.1) is 5.69 Å². The molecule has 0 fully saturated rings. The van der Waals surface area contributed by atoms with E-state index >= 15 is 0 Å². The molecule has 2 nitrogen and oxygen atoms in total. The van der Waals surface area contributed by atoms with Crippen LogP contribution in [0.3, 0.4) is 0 Å². The van der Waals surface area contributed by atoms with Gasteiger partial charge in [0.25, 0.3) is 0 Å². The van der Waals surface area contributed by atoms with E-state index in [0.29, 0.717) is 0 Å². The van der Waals surface area contributed by atoms with Gasteiger partial charge in [-0.25, -0.2) is 0 Å². The molecule has 0 aromatic heterocycles. The second kappa shape index (κ2) is 3.82. The Morgan fingerprint density at radius 2 is 2.00 bits per heavy atom. The van der Waals surface area contributed by atoms with E-state index in [1.165, 1.54) is 17.0 Å². The minimum Gasteiger partial charge on any atom is -0.265 e. The maximum absolute atomic E-state index is 4.46. The molecule has 14 heavy (non-hydrogen) atoms. The summed E-state index contributed by atoms with van der Waals surface area (Å²) in [5.41, 5.74) is 3.82. The third kappa shape index (κ3) is 1.79. The molecular formula is C12H16N2. The van der Waals surface area contributed by atoms with Gasteiger partial charge in [-0.15, -0.1) is 0 Å². The van der Waals surface area contributed by atoms with Crippen LogP contribution in [0.15, 0.2) is 29.4 Å². The van der Waals surface area contributed by atoms with Crippen LogP contribution in [0.4, 0.5) is 5.69 Å². The Morgan fingerprint density at radius 3 is 2.50 bits per heavy atom. The first-order valence-corrected chi connectivity index (χ1v) is 5.20. The van der Waals surface area contributed by atoms with Crippen molar-refractivity contribution in [3.63, 3.8) is 0 Å². The van der Waals surface area contributed by atoms with E-state index in [0.717, 1.165) is 19.4 Å². The molecule has 0 amide bonds.